The molecule has 3 N–H and O–H groups in total. The van der Waals surface area contributed by atoms with E-state index >= 15 is 0 Å². The van der Waals surface area contributed by atoms with Crippen molar-refractivity contribution >= 4 is 17.1 Å². The van der Waals surface area contributed by atoms with Gasteiger partial charge in [-0.1, -0.05) is 48.5 Å². The number of aromatic hydroxyl groups is 3. The van der Waals surface area contributed by atoms with Crippen LogP contribution in [0, 0.1) is 20.8 Å². The number of benzene rings is 4. The lowest BCUT2D eigenvalue weighted by Crippen LogP contribution is -2.14. The fourth-order valence-electron chi connectivity index (χ4n) is 3.83. The summed E-state index contributed by atoms with van der Waals surface area (Å²) in [6, 6.07) is 23.1. The van der Waals surface area contributed by atoms with Gasteiger partial charge in [0.2, 0.25) is 0 Å². The first-order chi connectivity index (χ1) is 15.4. The summed E-state index contributed by atoms with van der Waals surface area (Å²) in [7, 11) is 0. The molecule has 0 aliphatic heterocycles. The first kappa shape index (κ1) is 21.1. The van der Waals surface area contributed by atoms with Gasteiger partial charge in [-0.2, -0.15) is 0 Å². The largest absolute Gasteiger partial charge is 0.506 e. The van der Waals surface area contributed by atoms with Crippen molar-refractivity contribution in [3.63, 3.8) is 0 Å². The summed E-state index contributed by atoms with van der Waals surface area (Å²) in [4.78, 5) is 1.79. The molecule has 162 valence electrons. The number of phenolic OH excluding ortho intramolecular Hbond substituents is 3. The van der Waals surface area contributed by atoms with Crippen LogP contribution in [0.1, 0.15) is 16.7 Å². The smallest absolute Gasteiger partial charge is 0.172 e. The molecule has 0 aromatic heterocycles. The minimum Gasteiger partial charge on any atom is -0.506 e. The Morgan fingerprint density at radius 2 is 1.06 bits per heavy atom. The highest BCUT2D eigenvalue weighted by Crippen LogP contribution is 2.50. The molecule has 0 atom stereocenters. The molecule has 0 bridgehead atoms. The second-order valence-electron chi connectivity index (χ2n) is 7.71. The number of anilines is 3. The lowest BCUT2D eigenvalue weighted by molar-refractivity contribution is 0.409. The predicted octanol–water partition coefficient (Wildman–Crippen LogP) is 6.99. The fraction of sp³-hybridized carbons (Fsp3) is 0.111. The molecule has 0 heterocycles. The second kappa shape index (κ2) is 8.55. The molecule has 0 saturated carbocycles. The van der Waals surface area contributed by atoms with E-state index < -0.39 is 0 Å². The standard InChI is InChI=1S/C27H25NO4/c1-17-9-6-13-21(29)25(17)28(26-18(2)10-7-14-22(26)30)20-12-4-5-16-24(20)32-27-19(3)11-8-15-23(27)31/h4-16,29-31H,1-3H3. The summed E-state index contributed by atoms with van der Waals surface area (Å²) < 4.78 is 6.20. The molecular formula is C27H25NO4. The predicted molar refractivity (Wildman–Crippen MR) is 127 cm³/mol. The maximum atomic E-state index is 10.8. The summed E-state index contributed by atoms with van der Waals surface area (Å²) in [5.41, 5.74) is 4.08. The molecule has 5 heteroatoms. The van der Waals surface area contributed by atoms with Crippen molar-refractivity contribution in [1.82, 2.24) is 0 Å². The van der Waals surface area contributed by atoms with E-state index in [1.807, 2.05) is 57.2 Å². The molecule has 0 radical (unpaired) electrons. The minimum absolute atomic E-state index is 0.0313. The average molecular weight is 428 g/mol. The van der Waals surface area contributed by atoms with Crippen LogP contribution >= 0.6 is 0 Å². The van der Waals surface area contributed by atoms with Crippen LogP contribution < -0.4 is 9.64 Å². The lowest BCUT2D eigenvalue weighted by Gasteiger charge is -2.30. The summed E-state index contributed by atoms with van der Waals surface area (Å²) in [5.74, 6) is 0.983. The molecule has 5 nitrogen and oxygen atoms in total. The van der Waals surface area contributed by atoms with Gasteiger partial charge in [-0.05, 0) is 67.8 Å². The van der Waals surface area contributed by atoms with Crippen LogP contribution in [0.15, 0.2) is 78.9 Å². The molecule has 0 aliphatic rings. The Hall–Kier alpha value is -4.12. The van der Waals surface area contributed by atoms with E-state index in [0.29, 0.717) is 28.6 Å². The number of nitrogens with zero attached hydrogens (tertiary/aromatic N) is 1. The van der Waals surface area contributed by atoms with Crippen LogP contribution in [-0.2, 0) is 0 Å². The quantitative estimate of drug-likeness (QED) is 0.320. The molecule has 32 heavy (non-hydrogen) atoms. The van der Waals surface area contributed by atoms with Crippen LogP contribution in [0.2, 0.25) is 0 Å². The maximum Gasteiger partial charge on any atom is 0.172 e. The Morgan fingerprint density at radius 1 is 0.562 bits per heavy atom. The molecule has 4 rings (SSSR count). The van der Waals surface area contributed by atoms with Crippen molar-refractivity contribution in [2.45, 2.75) is 20.8 Å². The van der Waals surface area contributed by atoms with Gasteiger partial charge in [-0.15, -0.1) is 0 Å². The highest BCUT2D eigenvalue weighted by Gasteiger charge is 2.25. The Bertz CT molecular complexity index is 1170. The Labute approximate surface area is 187 Å². The summed E-state index contributed by atoms with van der Waals surface area (Å²) >= 11 is 0. The van der Waals surface area contributed by atoms with E-state index in [1.54, 1.807) is 47.4 Å². The summed E-state index contributed by atoms with van der Waals surface area (Å²) in [6.07, 6.45) is 0. The first-order valence-electron chi connectivity index (χ1n) is 10.3. The van der Waals surface area contributed by atoms with Gasteiger partial charge in [-0.25, -0.2) is 0 Å². The molecule has 0 amide bonds. The van der Waals surface area contributed by atoms with Crippen LogP contribution in [0.25, 0.3) is 0 Å². The number of aryl methyl sites for hydroxylation is 3. The van der Waals surface area contributed by atoms with Crippen molar-refractivity contribution < 1.29 is 20.1 Å². The normalized spacial score (nSPS) is 10.7. The fourth-order valence-corrected chi connectivity index (χ4v) is 3.83. The van der Waals surface area contributed by atoms with Gasteiger partial charge < -0.3 is 20.1 Å². The monoisotopic (exact) mass is 427 g/mol. The van der Waals surface area contributed by atoms with E-state index in [-0.39, 0.29) is 17.2 Å². The molecule has 0 fully saturated rings. The Morgan fingerprint density at radius 3 is 1.59 bits per heavy atom. The van der Waals surface area contributed by atoms with Gasteiger partial charge in [0.25, 0.3) is 0 Å². The molecule has 4 aromatic carbocycles. The summed E-state index contributed by atoms with van der Waals surface area (Å²) in [5, 5.41) is 32.0. The van der Waals surface area contributed by atoms with E-state index in [0.717, 1.165) is 16.7 Å². The van der Waals surface area contributed by atoms with E-state index in [2.05, 4.69) is 0 Å². The highest BCUT2D eigenvalue weighted by molar-refractivity contribution is 5.88. The van der Waals surface area contributed by atoms with E-state index in [9.17, 15) is 15.3 Å². The molecule has 0 aliphatic carbocycles. The molecule has 0 spiro atoms. The molecular weight excluding hydrogens is 402 g/mol. The number of hydrogen-bond donors (Lipinski definition) is 3. The van der Waals surface area contributed by atoms with Crippen LogP contribution in [0.5, 0.6) is 28.7 Å². The molecule has 0 saturated heterocycles. The zero-order chi connectivity index (χ0) is 22.8. The third kappa shape index (κ3) is 3.81. The molecule has 0 unspecified atom stereocenters. The maximum absolute atomic E-state index is 10.8. The van der Waals surface area contributed by atoms with Crippen LogP contribution in [-0.4, -0.2) is 15.3 Å². The number of hydrogen-bond acceptors (Lipinski definition) is 5. The first-order valence-corrected chi connectivity index (χ1v) is 10.3. The lowest BCUT2D eigenvalue weighted by atomic mass is 10.1. The zero-order valence-electron chi connectivity index (χ0n) is 18.2. The minimum atomic E-state index is 0.0313. The number of ether oxygens (including phenoxy) is 1. The Kier molecular flexibility index (Phi) is 5.65. The van der Waals surface area contributed by atoms with Crippen molar-refractivity contribution in [3.05, 3.63) is 95.6 Å². The number of phenols is 3. The molecule has 4 aromatic rings. The summed E-state index contributed by atoms with van der Waals surface area (Å²) in [6.45, 7) is 5.65. The third-order valence-corrected chi connectivity index (χ3v) is 5.39. The van der Waals surface area contributed by atoms with Gasteiger partial charge >= 0.3 is 0 Å². The van der Waals surface area contributed by atoms with Crippen molar-refractivity contribution in [2.75, 3.05) is 4.90 Å². The number of rotatable bonds is 5. The van der Waals surface area contributed by atoms with E-state index in [1.165, 1.54) is 0 Å². The van der Waals surface area contributed by atoms with Crippen LogP contribution in [0.3, 0.4) is 0 Å². The zero-order valence-corrected chi connectivity index (χ0v) is 18.2. The van der Waals surface area contributed by atoms with Crippen molar-refractivity contribution in [3.8, 4) is 28.7 Å². The van der Waals surface area contributed by atoms with Gasteiger partial charge in [0.1, 0.15) is 11.5 Å². The topological polar surface area (TPSA) is 73.2 Å². The van der Waals surface area contributed by atoms with Gasteiger partial charge in [0.15, 0.2) is 17.2 Å². The third-order valence-electron chi connectivity index (χ3n) is 5.39. The van der Waals surface area contributed by atoms with Gasteiger partial charge in [-0.3, -0.25) is 4.90 Å². The SMILES string of the molecule is Cc1cccc(O)c1Oc1ccccc1N(c1c(C)cccc1O)c1c(C)cccc1O. The van der Waals surface area contributed by atoms with E-state index in [4.69, 9.17) is 4.74 Å². The van der Waals surface area contributed by atoms with Crippen LogP contribution in [0.4, 0.5) is 17.1 Å². The highest BCUT2D eigenvalue weighted by atomic mass is 16.5. The van der Waals surface area contributed by atoms with Gasteiger partial charge in [0, 0.05) is 0 Å². The number of para-hydroxylation sites is 5. The second-order valence-corrected chi connectivity index (χ2v) is 7.71. The Balaban J connectivity index is 1.98. The average Bonchev–Trinajstić information content (AvgIpc) is 2.75. The van der Waals surface area contributed by atoms with Crippen molar-refractivity contribution in [2.24, 2.45) is 0 Å². The van der Waals surface area contributed by atoms with Crippen molar-refractivity contribution in [1.29, 1.82) is 0 Å². The van der Waals surface area contributed by atoms with Gasteiger partial charge in [0.05, 0.1) is 17.1 Å².